The average Bonchev–Trinajstić information content (AvgIpc) is 2.68. The molecule has 0 atom stereocenters. The first kappa shape index (κ1) is 16.5. The van der Waals surface area contributed by atoms with Crippen molar-refractivity contribution in [3.05, 3.63) is 103 Å². The van der Waals surface area contributed by atoms with E-state index >= 15 is 0 Å². The van der Waals surface area contributed by atoms with Gasteiger partial charge in [0.1, 0.15) is 0 Å². The maximum atomic E-state index is 10.8. The van der Waals surface area contributed by atoms with Crippen LogP contribution >= 0.6 is 0 Å². The van der Waals surface area contributed by atoms with Crippen molar-refractivity contribution in [2.75, 3.05) is 0 Å². The predicted molar refractivity (Wildman–Crippen MR) is 104 cm³/mol. The fourth-order valence-electron chi connectivity index (χ4n) is 3.32. The van der Waals surface area contributed by atoms with Gasteiger partial charge in [-0.3, -0.25) is 0 Å². The molecule has 2 heteroatoms. The Morgan fingerprint density at radius 1 is 0.625 bits per heavy atom. The van der Waals surface area contributed by atoms with Crippen molar-refractivity contribution in [3.8, 4) is 0 Å². The van der Waals surface area contributed by atoms with Gasteiger partial charge in [-0.1, -0.05) is 0 Å². The van der Waals surface area contributed by atoms with Gasteiger partial charge >= 0.3 is 146 Å². The van der Waals surface area contributed by atoms with Gasteiger partial charge in [0.2, 0.25) is 0 Å². The molecule has 0 aliphatic rings. The molecular formula is C22H20GeO. The third-order valence-electron chi connectivity index (χ3n) is 4.44. The topological polar surface area (TPSA) is 17.1 Å². The van der Waals surface area contributed by atoms with Gasteiger partial charge in [0, 0.05) is 0 Å². The second-order valence-electron chi connectivity index (χ2n) is 5.77. The molecule has 0 aliphatic carbocycles. The van der Waals surface area contributed by atoms with Crippen molar-refractivity contribution in [3.63, 3.8) is 0 Å². The standard InChI is InChI=1S/C22H20GeO/c24-19-11-10-18-23(20-12-4-1-5-13-20,21-14-6-2-7-15-21)22-16-8-3-9-17-22/h1-17,19H,18H2/b11-10+. The number of carbonyl (C=O) groups excluding carboxylic acids is 1. The van der Waals surface area contributed by atoms with E-state index in [1.54, 1.807) is 6.08 Å². The molecule has 3 rings (SSSR count). The van der Waals surface area contributed by atoms with Crippen LogP contribution in [0.3, 0.4) is 0 Å². The first-order chi connectivity index (χ1) is 11.9. The molecule has 0 aromatic heterocycles. The van der Waals surface area contributed by atoms with Gasteiger partial charge in [-0.15, -0.1) is 0 Å². The number of benzene rings is 3. The van der Waals surface area contributed by atoms with Crippen LogP contribution in [0.5, 0.6) is 0 Å². The number of hydrogen-bond acceptors (Lipinski definition) is 1. The minimum absolute atomic E-state index is 0.869. The Hall–Kier alpha value is -2.39. The first-order valence-electron chi connectivity index (χ1n) is 8.15. The van der Waals surface area contributed by atoms with Crippen LogP contribution in [-0.4, -0.2) is 19.6 Å². The summed E-state index contributed by atoms with van der Waals surface area (Å²) in [7, 11) is 0. The summed E-state index contributed by atoms with van der Waals surface area (Å²) in [6.07, 6.45) is 4.54. The van der Waals surface area contributed by atoms with Crippen molar-refractivity contribution in [1.82, 2.24) is 0 Å². The predicted octanol–water partition coefficient (Wildman–Crippen LogP) is 2.91. The normalized spacial score (nSPS) is 11.5. The Morgan fingerprint density at radius 3 is 1.33 bits per heavy atom. The van der Waals surface area contributed by atoms with Crippen molar-refractivity contribution in [2.24, 2.45) is 0 Å². The molecule has 118 valence electrons. The Kier molecular flexibility index (Phi) is 5.44. The Morgan fingerprint density at radius 2 is 1.00 bits per heavy atom. The van der Waals surface area contributed by atoms with E-state index in [4.69, 9.17) is 0 Å². The average molecular weight is 373 g/mol. The summed E-state index contributed by atoms with van der Waals surface area (Å²) >= 11 is -2.87. The second-order valence-corrected chi connectivity index (χ2v) is 14.1. The van der Waals surface area contributed by atoms with Gasteiger partial charge in [-0.05, 0) is 0 Å². The van der Waals surface area contributed by atoms with Gasteiger partial charge in [0.25, 0.3) is 0 Å². The Balaban J connectivity index is 2.28. The molecule has 0 radical (unpaired) electrons. The summed E-state index contributed by atoms with van der Waals surface area (Å²) in [5.41, 5.74) is 0. The van der Waals surface area contributed by atoms with E-state index in [9.17, 15) is 4.79 Å². The molecule has 0 spiro atoms. The van der Waals surface area contributed by atoms with Crippen LogP contribution in [-0.2, 0) is 4.79 Å². The summed E-state index contributed by atoms with van der Waals surface area (Å²) < 4.78 is 4.22. The molecule has 3 aromatic carbocycles. The van der Waals surface area contributed by atoms with E-state index in [0.717, 1.165) is 11.5 Å². The molecule has 1 nitrogen and oxygen atoms in total. The number of carbonyl (C=O) groups is 1. The van der Waals surface area contributed by atoms with Crippen LogP contribution in [0.15, 0.2) is 103 Å². The van der Waals surface area contributed by atoms with Crippen LogP contribution in [0.25, 0.3) is 0 Å². The van der Waals surface area contributed by atoms with E-state index in [1.807, 2.05) is 6.08 Å². The van der Waals surface area contributed by atoms with Gasteiger partial charge < -0.3 is 0 Å². The SMILES string of the molecule is O=C/C=C/[CH2][Ge]([c]1ccccc1)([c]1ccccc1)[c]1ccccc1. The van der Waals surface area contributed by atoms with Gasteiger partial charge in [0.05, 0.1) is 0 Å². The van der Waals surface area contributed by atoms with Gasteiger partial charge in [-0.25, -0.2) is 0 Å². The molecule has 0 amide bonds. The van der Waals surface area contributed by atoms with E-state index in [1.165, 1.54) is 13.2 Å². The summed E-state index contributed by atoms with van der Waals surface area (Å²) in [6.45, 7) is 0. The maximum absolute atomic E-state index is 10.8. The zero-order chi connectivity index (χ0) is 16.7. The monoisotopic (exact) mass is 374 g/mol. The third kappa shape index (κ3) is 3.27. The van der Waals surface area contributed by atoms with Crippen LogP contribution in [0.4, 0.5) is 0 Å². The van der Waals surface area contributed by atoms with Crippen LogP contribution in [0.2, 0.25) is 5.25 Å². The molecule has 0 unspecified atom stereocenters. The minimum atomic E-state index is -2.87. The molecule has 0 saturated heterocycles. The molecule has 0 saturated carbocycles. The van der Waals surface area contributed by atoms with E-state index in [0.29, 0.717) is 0 Å². The summed E-state index contributed by atoms with van der Waals surface area (Å²) in [4.78, 5) is 10.8. The second kappa shape index (κ2) is 7.93. The third-order valence-corrected chi connectivity index (χ3v) is 14.5. The molecule has 3 aromatic rings. The Bertz CT molecular complexity index is 698. The van der Waals surface area contributed by atoms with E-state index in [-0.39, 0.29) is 0 Å². The number of rotatable bonds is 6. The van der Waals surface area contributed by atoms with E-state index < -0.39 is 13.3 Å². The Labute approximate surface area is 146 Å². The fraction of sp³-hybridized carbons (Fsp3) is 0.0455. The van der Waals surface area contributed by atoms with Crippen molar-refractivity contribution < 1.29 is 4.79 Å². The zero-order valence-corrected chi connectivity index (χ0v) is 15.6. The van der Waals surface area contributed by atoms with Gasteiger partial charge in [-0.2, -0.15) is 0 Å². The zero-order valence-electron chi connectivity index (χ0n) is 13.5. The molecule has 0 aliphatic heterocycles. The van der Waals surface area contributed by atoms with Crippen molar-refractivity contribution in [2.45, 2.75) is 5.25 Å². The quantitative estimate of drug-likeness (QED) is 0.369. The van der Waals surface area contributed by atoms with Gasteiger partial charge in [0.15, 0.2) is 0 Å². The van der Waals surface area contributed by atoms with Crippen LogP contribution < -0.4 is 13.2 Å². The van der Waals surface area contributed by atoms with E-state index in [2.05, 4.69) is 91.0 Å². The summed E-state index contributed by atoms with van der Waals surface area (Å²) in [5.74, 6) is 0. The van der Waals surface area contributed by atoms with Crippen LogP contribution in [0, 0.1) is 0 Å². The molecule has 0 N–H and O–H groups in total. The number of allylic oxidation sites excluding steroid dienone is 2. The summed E-state index contributed by atoms with van der Waals surface area (Å²) in [6, 6.07) is 32.4. The fourth-order valence-corrected chi connectivity index (χ4v) is 12.7. The molecule has 0 heterocycles. The molecule has 24 heavy (non-hydrogen) atoms. The first-order valence-corrected chi connectivity index (χ1v) is 12.8. The molecule has 0 bridgehead atoms. The number of hydrogen-bond donors (Lipinski definition) is 0. The summed E-state index contributed by atoms with van der Waals surface area (Å²) in [5, 5.41) is 0.913. The van der Waals surface area contributed by atoms with Crippen LogP contribution in [0.1, 0.15) is 0 Å². The molecule has 0 fully saturated rings. The van der Waals surface area contributed by atoms with Crippen molar-refractivity contribution in [1.29, 1.82) is 0 Å². The molecular weight excluding hydrogens is 353 g/mol. The van der Waals surface area contributed by atoms with Crippen molar-refractivity contribution >= 4 is 32.7 Å². The number of aldehydes is 1.